The van der Waals surface area contributed by atoms with Gasteiger partial charge in [-0.25, -0.2) is 4.98 Å². The molecule has 0 spiro atoms. The SMILES string of the molecule is CCC1CCC(NC(=O)c2ccnc(Br)c2)CC1. The standard InChI is InChI=1S/C14H19BrN2O/c1-2-10-3-5-12(6-4-10)17-14(18)11-7-8-16-13(15)9-11/h7-10,12H,2-6H2,1H3,(H,17,18). The quantitative estimate of drug-likeness (QED) is 0.868. The van der Waals surface area contributed by atoms with E-state index in [1.54, 1.807) is 18.3 Å². The lowest BCUT2D eigenvalue weighted by Gasteiger charge is -2.28. The molecule has 4 heteroatoms. The highest BCUT2D eigenvalue weighted by Gasteiger charge is 2.21. The number of carbonyl (C=O) groups is 1. The third-order valence-corrected chi connectivity index (χ3v) is 4.18. The van der Waals surface area contributed by atoms with Crippen LogP contribution in [0.15, 0.2) is 22.9 Å². The van der Waals surface area contributed by atoms with Gasteiger partial charge >= 0.3 is 0 Å². The molecule has 1 aromatic rings. The lowest BCUT2D eigenvalue weighted by atomic mass is 9.84. The molecule has 1 fully saturated rings. The van der Waals surface area contributed by atoms with E-state index < -0.39 is 0 Å². The van der Waals surface area contributed by atoms with E-state index in [1.807, 2.05) is 0 Å². The third-order valence-electron chi connectivity index (χ3n) is 3.75. The first kappa shape index (κ1) is 13.5. The van der Waals surface area contributed by atoms with Gasteiger partial charge in [0.2, 0.25) is 0 Å². The predicted molar refractivity (Wildman–Crippen MR) is 75.4 cm³/mol. The summed E-state index contributed by atoms with van der Waals surface area (Å²) < 4.78 is 0.699. The molecule has 1 saturated carbocycles. The highest BCUT2D eigenvalue weighted by molar-refractivity contribution is 9.10. The van der Waals surface area contributed by atoms with Crippen LogP contribution in [0.3, 0.4) is 0 Å². The minimum atomic E-state index is 0.0121. The second-order valence-electron chi connectivity index (χ2n) is 4.97. The lowest BCUT2D eigenvalue weighted by Crippen LogP contribution is -2.37. The summed E-state index contributed by atoms with van der Waals surface area (Å²) in [5.41, 5.74) is 0.675. The Hall–Kier alpha value is -0.900. The molecule has 18 heavy (non-hydrogen) atoms. The summed E-state index contributed by atoms with van der Waals surface area (Å²) in [6.07, 6.45) is 7.60. The molecular weight excluding hydrogens is 292 g/mol. The molecule has 1 heterocycles. The van der Waals surface area contributed by atoms with Crippen molar-refractivity contribution in [1.82, 2.24) is 10.3 Å². The summed E-state index contributed by atoms with van der Waals surface area (Å²) in [6, 6.07) is 3.84. The van der Waals surface area contributed by atoms with Crippen molar-refractivity contribution in [3.8, 4) is 0 Å². The minimum Gasteiger partial charge on any atom is -0.349 e. The smallest absolute Gasteiger partial charge is 0.251 e. The molecule has 98 valence electrons. The molecule has 0 unspecified atom stereocenters. The number of nitrogens with one attached hydrogen (secondary N) is 1. The summed E-state index contributed by atoms with van der Waals surface area (Å²) in [7, 11) is 0. The normalized spacial score (nSPS) is 23.7. The number of nitrogens with zero attached hydrogens (tertiary/aromatic N) is 1. The van der Waals surface area contributed by atoms with E-state index in [4.69, 9.17) is 0 Å². The Morgan fingerprint density at radius 1 is 1.44 bits per heavy atom. The summed E-state index contributed by atoms with van der Waals surface area (Å²) in [5.74, 6) is 0.867. The maximum Gasteiger partial charge on any atom is 0.251 e. The molecule has 1 aliphatic rings. The van der Waals surface area contributed by atoms with Crippen LogP contribution < -0.4 is 5.32 Å². The fraction of sp³-hybridized carbons (Fsp3) is 0.571. The Bertz CT molecular complexity index is 414. The van der Waals surface area contributed by atoms with Crippen molar-refractivity contribution >= 4 is 21.8 Å². The van der Waals surface area contributed by atoms with Gasteiger partial charge in [0.1, 0.15) is 4.60 Å². The molecule has 3 nitrogen and oxygen atoms in total. The van der Waals surface area contributed by atoms with Gasteiger partial charge in [0.05, 0.1) is 0 Å². The average Bonchev–Trinajstić information content (AvgIpc) is 2.39. The Morgan fingerprint density at radius 3 is 2.78 bits per heavy atom. The van der Waals surface area contributed by atoms with E-state index >= 15 is 0 Å². The zero-order valence-electron chi connectivity index (χ0n) is 10.7. The van der Waals surface area contributed by atoms with E-state index in [-0.39, 0.29) is 5.91 Å². The molecule has 1 N–H and O–H groups in total. The van der Waals surface area contributed by atoms with Crippen molar-refractivity contribution in [2.24, 2.45) is 5.92 Å². The fourth-order valence-corrected chi connectivity index (χ4v) is 2.89. The number of aromatic nitrogens is 1. The number of hydrogen-bond donors (Lipinski definition) is 1. The van der Waals surface area contributed by atoms with Crippen LogP contribution in [-0.2, 0) is 0 Å². The second kappa shape index (κ2) is 6.32. The van der Waals surface area contributed by atoms with E-state index in [9.17, 15) is 4.79 Å². The first-order valence-electron chi connectivity index (χ1n) is 6.61. The van der Waals surface area contributed by atoms with Crippen LogP contribution in [0, 0.1) is 5.92 Å². The second-order valence-corrected chi connectivity index (χ2v) is 5.78. The van der Waals surface area contributed by atoms with Crippen LogP contribution in [0.4, 0.5) is 0 Å². The van der Waals surface area contributed by atoms with Gasteiger partial charge in [-0.2, -0.15) is 0 Å². The van der Waals surface area contributed by atoms with E-state index in [0.717, 1.165) is 18.8 Å². The van der Waals surface area contributed by atoms with Gasteiger partial charge in [-0.05, 0) is 59.7 Å². The number of rotatable bonds is 3. The van der Waals surface area contributed by atoms with Gasteiger partial charge in [-0.3, -0.25) is 4.79 Å². The number of halogens is 1. The maximum atomic E-state index is 12.1. The molecule has 0 aliphatic heterocycles. The summed E-state index contributed by atoms with van der Waals surface area (Å²) in [4.78, 5) is 16.1. The largest absolute Gasteiger partial charge is 0.349 e. The van der Waals surface area contributed by atoms with Crippen LogP contribution in [0.5, 0.6) is 0 Å². The van der Waals surface area contributed by atoms with Gasteiger partial charge in [0, 0.05) is 17.8 Å². The topological polar surface area (TPSA) is 42.0 Å². The van der Waals surface area contributed by atoms with Crippen molar-refractivity contribution in [3.05, 3.63) is 28.5 Å². The van der Waals surface area contributed by atoms with Crippen LogP contribution >= 0.6 is 15.9 Å². The molecule has 0 radical (unpaired) electrons. The highest BCUT2D eigenvalue weighted by atomic mass is 79.9. The van der Waals surface area contributed by atoms with Crippen molar-refractivity contribution < 1.29 is 4.79 Å². The first-order valence-corrected chi connectivity index (χ1v) is 7.40. The molecule has 2 rings (SSSR count). The van der Waals surface area contributed by atoms with E-state index in [0.29, 0.717) is 16.2 Å². The number of hydrogen-bond acceptors (Lipinski definition) is 2. The van der Waals surface area contributed by atoms with Crippen molar-refractivity contribution in [3.63, 3.8) is 0 Å². The Labute approximate surface area is 117 Å². The molecule has 1 amide bonds. The van der Waals surface area contributed by atoms with Crippen molar-refractivity contribution in [2.75, 3.05) is 0 Å². The number of amides is 1. The molecule has 0 aromatic carbocycles. The van der Waals surface area contributed by atoms with Crippen molar-refractivity contribution in [2.45, 2.75) is 45.1 Å². The summed E-state index contributed by atoms with van der Waals surface area (Å²) in [6.45, 7) is 2.25. The Morgan fingerprint density at radius 2 is 2.17 bits per heavy atom. The van der Waals surface area contributed by atoms with Gasteiger partial charge in [-0.15, -0.1) is 0 Å². The Balaban J connectivity index is 1.89. The van der Waals surface area contributed by atoms with Gasteiger partial charge < -0.3 is 5.32 Å². The Kier molecular flexibility index (Phi) is 4.75. The number of pyridine rings is 1. The average molecular weight is 311 g/mol. The maximum absolute atomic E-state index is 12.1. The monoisotopic (exact) mass is 310 g/mol. The highest BCUT2D eigenvalue weighted by Crippen LogP contribution is 2.26. The van der Waals surface area contributed by atoms with Crippen molar-refractivity contribution in [1.29, 1.82) is 0 Å². The van der Waals surface area contributed by atoms with Crippen LogP contribution in [0.1, 0.15) is 49.4 Å². The third kappa shape index (κ3) is 3.55. The van der Waals surface area contributed by atoms with Crippen LogP contribution in [-0.4, -0.2) is 16.9 Å². The molecule has 0 atom stereocenters. The molecular formula is C14H19BrN2O. The lowest BCUT2D eigenvalue weighted by molar-refractivity contribution is 0.0921. The summed E-state index contributed by atoms with van der Waals surface area (Å²) in [5, 5.41) is 3.12. The first-order chi connectivity index (χ1) is 8.69. The summed E-state index contributed by atoms with van der Waals surface area (Å²) >= 11 is 3.28. The van der Waals surface area contributed by atoms with Crippen LogP contribution in [0.2, 0.25) is 0 Å². The zero-order chi connectivity index (χ0) is 13.0. The van der Waals surface area contributed by atoms with E-state index in [2.05, 4.69) is 33.2 Å². The van der Waals surface area contributed by atoms with Gasteiger partial charge in [0.25, 0.3) is 5.91 Å². The van der Waals surface area contributed by atoms with Gasteiger partial charge in [0.15, 0.2) is 0 Å². The zero-order valence-corrected chi connectivity index (χ0v) is 12.2. The fourth-order valence-electron chi connectivity index (χ4n) is 2.53. The predicted octanol–water partition coefficient (Wildman–Crippen LogP) is 3.54. The molecule has 1 aromatic heterocycles. The molecule has 1 aliphatic carbocycles. The van der Waals surface area contributed by atoms with E-state index in [1.165, 1.54) is 19.3 Å². The molecule has 0 bridgehead atoms. The molecule has 0 saturated heterocycles. The minimum absolute atomic E-state index is 0.0121. The van der Waals surface area contributed by atoms with Crippen LogP contribution in [0.25, 0.3) is 0 Å². The number of carbonyl (C=O) groups excluding carboxylic acids is 1. The van der Waals surface area contributed by atoms with Gasteiger partial charge in [-0.1, -0.05) is 13.3 Å².